The average molecular weight is 419 g/mol. The molecule has 0 aromatic heterocycles. The van der Waals surface area contributed by atoms with Gasteiger partial charge >= 0.3 is 0 Å². The molecule has 0 radical (unpaired) electrons. The van der Waals surface area contributed by atoms with Crippen molar-refractivity contribution in [2.24, 2.45) is 0 Å². The molecule has 0 N–H and O–H groups in total. The summed E-state index contributed by atoms with van der Waals surface area (Å²) in [5.41, 5.74) is 2.50. The number of rotatable bonds is 6. The molecule has 1 aliphatic rings. The van der Waals surface area contributed by atoms with Crippen LogP contribution in [0.3, 0.4) is 0 Å². The predicted molar refractivity (Wildman–Crippen MR) is 119 cm³/mol. The van der Waals surface area contributed by atoms with E-state index in [4.69, 9.17) is 4.74 Å². The van der Waals surface area contributed by atoms with Crippen molar-refractivity contribution in [3.63, 3.8) is 0 Å². The van der Waals surface area contributed by atoms with Gasteiger partial charge in [-0.2, -0.15) is 0 Å². The number of hydrogen-bond acceptors (Lipinski definition) is 3. The van der Waals surface area contributed by atoms with E-state index in [1.807, 2.05) is 17.0 Å². The van der Waals surface area contributed by atoms with E-state index in [1.54, 1.807) is 19.1 Å². The molecule has 1 heterocycles. The number of carbonyl (C=O) groups is 1. The van der Waals surface area contributed by atoms with Gasteiger partial charge in [0.2, 0.25) is 0 Å². The van der Waals surface area contributed by atoms with Gasteiger partial charge in [0.25, 0.3) is 5.91 Å². The van der Waals surface area contributed by atoms with Crippen molar-refractivity contribution in [1.29, 1.82) is 0 Å². The fourth-order valence-corrected chi connectivity index (χ4v) is 4.11. The van der Waals surface area contributed by atoms with Crippen LogP contribution in [0.15, 0.2) is 84.9 Å². The van der Waals surface area contributed by atoms with Gasteiger partial charge in [0, 0.05) is 26.2 Å². The minimum Gasteiger partial charge on any atom is -0.481 e. The highest BCUT2D eigenvalue weighted by atomic mass is 19.1. The standard InChI is InChI=1S/C26H27FN2O2/c1-20(31-24-14-12-23(27)13-15-24)26(30)29-18-16-28(17-19-29)25(21-8-4-2-5-9-21)22-10-6-3-7-11-22/h2-15,20,25H,16-19H2,1H3. The third kappa shape index (κ3) is 5.12. The highest BCUT2D eigenvalue weighted by Gasteiger charge is 2.30. The van der Waals surface area contributed by atoms with Gasteiger partial charge in [-0.3, -0.25) is 9.69 Å². The van der Waals surface area contributed by atoms with Crippen LogP contribution in [0, 0.1) is 5.82 Å². The van der Waals surface area contributed by atoms with E-state index in [9.17, 15) is 9.18 Å². The first kappa shape index (κ1) is 21.1. The molecule has 1 saturated heterocycles. The fourth-order valence-electron chi connectivity index (χ4n) is 4.11. The molecular weight excluding hydrogens is 391 g/mol. The van der Waals surface area contributed by atoms with Crippen molar-refractivity contribution in [3.8, 4) is 5.75 Å². The highest BCUT2D eigenvalue weighted by molar-refractivity contribution is 5.81. The third-order valence-electron chi connectivity index (χ3n) is 5.70. The second-order valence-corrected chi connectivity index (χ2v) is 7.80. The average Bonchev–Trinajstić information content (AvgIpc) is 2.82. The Morgan fingerprint density at radius 1 is 0.806 bits per heavy atom. The summed E-state index contributed by atoms with van der Waals surface area (Å²) in [6.45, 7) is 4.60. The molecule has 1 amide bonds. The minimum atomic E-state index is -0.615. The van der Waals surface area contributed by atoms with Gasteiger partial charge in [0.15, 0.2) is 6.10 Å². The number of amides is 1. The molecule has 1 fully saturated rings. The van der Waals surface area contributed by atoms with Crippen molar-refractivity contribution >= 4 is 5.91 Å². The number of nitrogens with zero attached hydrogens (tertiary/aromatic N) is 2. The summed E-state index contributed by atoms with van der Waals surface area (Å²) in [4.78, 5) is 17.2. The Morgan fingerprint density at radius 2 is 1.32 bits per heavy atom. The lowest BCUT2D eigenvalue weighted by Crippen LogP contribution is -2.52. The van der Waals surface area contributed by atoms with E-state index < -0.39 is 6.10 Å². The van der Waals surface area contributed by atoms with Gasteiger partial charge in [0.1, 0.15) is 11.6 Å². The first-order valence-corrected chi connectivity index (χ1v) is 10.7. The van der Waals surface area contributed by atoms with Crippen LogP contribution in [0.5, 0.6) is 5.75 Å². The van der Waals surface area contributed by atoms with Gasteiger partial charge in [-0.05, 0) is 42.3 Å². The Labute approximate surface area is 182 Å². The number of carbonyl (C=O) groups excluding carboxylic acids is 1. The topological polar surface area (TPSA) is 32.8 Å². The van der Waals surface area contributed by atoms with Crippen molar-refractivity contribution in [2.45, 2.75) is 19.1 Å². The molecule has 0 bridgehead atoms. The number of piperazine rings is 1. The lowest BCUT2D eigenvalue weighted by atomic mass is 9.96. The quantitative estimate of drug-likeness (QED) is 0.590. The highest BCUT2D eigenvalue weighted by Crippen LogP contribution is 2.29. The molecule has 4 rings (SSSR count). The molecular formula is C26H27FN2O2. The van der Waals surface area contributed by atoms with E-state index in [1.165, 1.54) is 23.3 Å². The smallest absolute Gasteiger partial charge is 0.263 e. The molecule has 5 heteroatoms. The van der Waals surface area contributed by atoms with Crippen molar-refractivity contribution < 1.29 is 13.9 Å². The zero-order valence-electron chi connectivity index (χ0n) is 17.7. The van der Waals surface area contributed by atoms with Gasteiger partial charge < -0.3 is 9.64 Å². The molecule has 3 aromatic rings. The van der Waals surface area contributed by atoms with Gasteiger partial charge in [-0.15, -0.1) is 0 Å². The lowest BCUT2D eigenvalue weighted by Gasteiger charge is -2.40. The molecule has 1 unspecified atom stereocenters. The maximum Gasteiger partial charge on any atom is 0.263 e. The lowest BCUT2D eigenvalue weighted by molar-refractivity contribution is -0.140. The molecule has 0 aliphatic carbocycles. The van der Waals surface area contributed by atoms with Gasteiger partial charge in [-0.1, -0.05) is 60.7 Å². The number of ether oxygens (including phenoxy) is 1. The van der Waals surface area contributed by atoms with Crippen LogP contribution in [0.4, 0.5) is 4.39 Å². The summed E-state index contributed by atoms with van der Waals surface area (Å²) >= 11 is 0. The van der Waals surface area contributed by atoms with E-state index in [0.29, 0.717) is 18.8 Å². The van der Waals surface area contributed by atoms with Crippen LogP contribution >= 0.6 is 0 Å². The number of benzene rings is 3. The molecule has 0 saturated carbocycles. The zero-order chi connectivity index (χ0) is 21.6. The van der Waals surface area contributed by atoms with E-state index in [0.717, 1.165) is 13.1 Å². The summed E-state index contributed by atoms with van der Waals surface area (Å²) in [5, 5.41) is 0. The monoisotopic (exact) mass is 418 g/mol. The van der Waals surface area contributed by atoms with Crippen LogP contribution < -0.4 is 4.74 Å². The molecule has 31 heavy (non-hydrogen) atoms. The summed E-state index contributed by atoms with van der Waals surface area (Å²) in [6, 6.07) is 26.9. The van der Waals surface area contributed by atoms with Crippen LogP contribution in [0.25, 0.3) is 0 Å². The Balaban J connectivity index is 1.41. The predicted octanol–water partition coefficient (Wildman–Crippen LogP) is 4.53. The first-order valence-electron chi connectivity index (χ1n) is 10.7. The van der Waals surface area contributed by atoms with Crippen molar-refractivity contribution in [2.75, 3.05) is 26.2 Å². The normalized spacial score (nSPS) is 15.6. The number of halogens is 1. The summed E-state index contributed by atoms with van der Waals surface area (Å²) in [5.74, 6) is 0.128. The van der Waals surface area contributed by atoms with Gasteiger partial charge in [0.05, 0.1) is 6.04 Å². The maximum absolute atomic E-state index is 13.1. The Bertz CT molecular complexity index is 932. The molecule has 0 spiro atoms. The Hall–Kier alpha value is -3.18. The molecule has 1 aliphatic heterocycles. The van der Waals surface area contributed by atoms with Crippen LogP contribution in [-0.4, -0.2) is 48.0 Å². The third-order valence-corrected chi connectivity index (χ3v) is 5.70. The van der Waals surface area contributed by atoms with Crippen molar-refractivity contribution in [3.05, 3.63) is 102 Å². The Morgan fingerprint density at radius 3 is 1.84 bits per heavy atom. The van der Waals surface area contributed by atoms with Crippen LogP contribution in [0.1, 0.15) is 24.1 Å². The summed E-state index contributed by atoms with van der Waals surface area (Å²) in [6.07, 6.45) is -0.615. The minimum absolute atomic E-state index is 0.0417. The Kier molecular flexibility index (Phi) is 6.63. The first-order chi connectivity index (χ1) is 15.1. The van der Waals surface area contributed by atoms with E-state index >= 15 is 0 Å². The second-order valence-electron chi connectivity index (χ2n) is 7.80. The molecule has 160 valence electrons. The fraction of sp³-hybridized carbons (Fsp3) is 0.269. The summed E-state index contributed by atoms with van der Waals surface area (Å²) in [7, 11) is 0. The molecule has 1 atom stereocenters. The number of hydrogen-bond donors (Lipinski definition) is 0. The SMILES string of the molecule is CC(Oc1ccc(F)cc1)C(=O)N1CCN(C(c2ccccc2)c2ccccc2)CC1. The second kappa shape index (κ2) is 9.75. The zero-order valence-corrected chi connectivity index (χ0v) is 17.7. The van der Waals surface area contributed by atoms with Gasteiger partial charge in [-0.25, -0.2) is 4.39 Å². The van der Waals surface area contributed by atoms with Crippen molar-refractivity contribution in [1.82, 2.24) is 9.80 Å². The van der Waals surface area contributed by atoms with E-state index in [2.05, 4.69) is 53.4 Å². The largest absolute Gasteiger partial charge is 0.481 e. The molecule has 4 nitrogen and oxygen atoms in total. The van der Waals surface area contributed by atoms with Crippen LogP contribution in [0.2, 0.25) is 0 Å². The molecule has 3 aromatic carbocycles. The van der Waals surface area contributed by atoms with Crippen LogP contribution in [-0.2, 0) is 4.79 Å². The maximum atomic E-state index is 13.1. The van der Waals surface area contributed by atoms with E-state index in [-0.39, 0.29) is 17.8 Å². The summed E-state index contributed by atoms with van der Waals surface area (Å²) < 4.78 is 18.8.